The number of rotatable bonds is 3. The summed E-state index contributed by atoms with van der Waals surface area (Å²) in [6, 6.07) is 4.62. The molecule has 0 amide bonds. The molecule has 0 saturated heterocycles. The molecule has 70 valence electrons. The molecule has 0 heterocycles. The molecule has 0 bridgehead atoms. The molecular weight excluding hydrogens is 258 g/mol. The van der Waals surface area contributed by atoms with Crippen molar-refractivity contribution in [1.29, 1.82) is 0 Å². The minimum absolute atomic E-state index is 0.220. The van der Waals surface area contributed by atoms with Crippen molar-refractivity contribution in [3.63, 3.8) is 0 Å². The molecule has 0 aliphatic carbocycles. The molecule has 0 aliphatic heterocycles. The van der Waals surface area contributed by atoms with Crippen LogP contribution in [-0.4, -0.2) is 6.61 Å². The lowest BCUT2D eigenvalue weighted by atomic mass is 10.3. The molecule has 0 aromatic heterocycles. The van der Waals surface area contributed by atoms with Crippen LogP contribution < -0.4 is 4.74 Å². The van der Waals surface area contributed by atoms with Gasteiger partial charge in [0.1, 0.15) is 6.61 Å². The highest BCUT2D eigenvalue weighted by Gasteiger charge is 2.01. The van der Waals surface area contributed by atoms with E-state index < -0.39 is 5.82 Å². The monoisotopic (exact) mass is 264 g/mol. The predicted molar refractivity (Wildman–Crippen MR) is 54.6 cm³/mol. The molecule has 0 saturated carbocycles. The van der Waals surface area contributed by atoms with Gasteiger partial charge in [-0.1, -0.05) is 27.5 Å². The van der Waals surface area contributed by atoms with E-state index in [0.717, 1.165) is 0 Å². The van der Waals surface area contributed by atoms with Gasteiger partial charge in [-0.15, -0.1) is 0 Å². The third-order valence-electron chi connectivity index (χ3n) is 1.32. The largest absolute Gasteiger partial charge is 0.486 e. The van der Waals surface area contributed by atoms with Crippen LogP contribution in [0.5, 0.6) is 5.75 Å². The van der Waals surface area contributed by atoms with E-state index in [4.69, 9.17) is 16.3 Å². The van der Waals surface area contributed by atoms with Gasteiger partial charge >= 0.3 is 0 Å². The highest BCUT2D eigenvalue weighted by molar-refractivity contribution is 9.10. The molecule has 1 rings (SSSR count). The fraction of sp³-hybridized carbons (Fsp3) is 0.111. The smallest absolute Gasteiger partial charge is 0.166 e. The van der Waals surface area contributed by atoms with Crippen molar-refractivity contribution < 1.29 is 9.13 Å². The van der Waals surface area contributed by atoms with Gasteiger partial charge in [0.05, 0.1) is 0 Å². The Kier molecular flexibility index (Phi) is 4.25. The minimum Gasteiger partial charge on any atom is -0.486 e. The van der Waals surface area contributed by atoms with E-state index in [2.05, 4.69) is 15.9 Å². The molecule has 1 nitrogen and oxygen atoms in total. The van der Waals surface area contributed by atoms with E-state index >= 15 is 0 Å². The maximum atomic E-state index is 13.1. The second-order valence-electron chi connectivity index (χ2n) is 2.25. The van der Waals surface area contributed by atoms with Crippen LogP contribution in [0.25, 0.3) is 0 Å². The summed E-state index contributed by atoms with van der Waals surface area (Å²) in [5.41, 5.74) is 1.33. The number of benzene rings is 1. The summed E-state index contributed by atoms with van der Waals surface area (Å²) < 4.78 is 18.8. The summed E-state index contributed by atoms with van der Waals surface area (Å²) in [7, 11) is 0. The van der Waals surface area contributed by atoms with Crippen molar-refractivity contribution in [2.24, 2.45) is 0 Å². The molecule has 0 unspecified atom stereocenters. The Morgan fingerprint density at radius 2 is 2.31 bits per heavy atom. The van der Waals surface area contributed by atoms with Gasteiger partial charge in [-0.25, -0.2) is 4.39 Å². The Balaban J connectivity index is 2.66. The SMILES string of the molecule is Fc1cc(Br)ccc1OC/C=C/Cl. The molecule has 0 atom stereocenters. The Morgan fingerprint density at radius 1 is 1.54 bits per heavy atom. The average molecular weight is 266 g/mol. The van der Waals surface area contributed by atoms with Gasteiger partial charge < -0.3 is 4.74 Å². The summed E-state index contributed by atoms with van der Waals surface area (Å²) in [5.74, 6) is -0.171. The zero-order chi connectivity index (χ0) is 9.68. The van der Waals surface area contributed by atoms with Gasteiger partial charge in [0.15, 0.2) is 11.6 Å². The zero-order valence-corrected chi connectivity index (χ0v) is 8.98. The predicted octanol–water partition coefficient (Wildman–Crippen LogP) is 3.72. The van der Waals surface area contributed by atoms with Crippen LogP contribution in [0.3, 0.4) is 0 Å². The van der Waals surface area contributed by atoms with Crippen LogP contribution in [0.2, 0.25) is 0 Å². The van der Waals surface area contributed by atoms with Crippen LogP contribution in [-0.2, 0) is 0 Å². The number of hydrogen-bond donors (Lipinski definition) is 0. The zero-order valence-electron chi connectivity index (χ0n) is 6.64. The summed E-state index contributed by atoms with van der Waals surface area (Å²) >= 11 is 8.42. The van der Waals surface area contributed by atoms with Crippen molar-refractivity contribution >= 4 is 27.5 Å². The quantitative estimate of drug-likeness (QED) is 0.809. The maximum Gasteiger partial charge on any atom is 0.166 e. The molecular formula is C9H7BrClFO. The lowest BCUT2D eigenvalue weighted by Crippen LogP contribution is -1.95. The first kappa shape index (κ1) is 10.5. The lowest BCUT2D eigenvalue weighted by molar-refractivity contribution is 0.341. The Labute approximate surface area is 89.3 Å². The Hall–Kier alpha value is -0.540. The van der Waals surface area contributed by atoms with Crippen molar-refractivity contribution in [1.82, 2.24) is 0 Å². The van der Waals surface area contributed by atoms with E-state index in [-0.39, 0.29) is 12.4 Å². The van der Waals surface area contributed by atoms with Crippen LogP contribution in [0.1, 0.15) is 0 Å². The van der Waals surface area contributed by atoms with Gasteiger partial charge in [0.2, 0.25) is 0 Å². The number of halogens is 3. The topological polar surface area (TPSA) is 9.23 Å². The number of hydrogen-bond acceptors (Lipinski definition) is 1. The van der Waals surface area contributed by atoms with Gasteiger partial charge in [0.25, 0.3) is 0 Å². The van der Waals surface area contributed by atoms with Gasteiger partial charge in [0, 0.05) is 10.0 Å². The maximum absolute atomic E-state index is 13.1. The molecule has 0 radical (unpaired) electrons. The third-order valence-corrected chi connectivity index (χ3v) is 1.99. The summed E-state index contributed by atoms with van der Waals surface area (Å²) in [6.07, 6.45) is 1.59. The van der Waals surface area contributed by atoms with Crippen molar-refractivity contribution in [3.05, 3.63) is 40.1 Å². The fourth-order valence-corrected chi connectivity index (χ4v) is 1.17. The van der Waals surface area contributed by atoms with Crippen molar-refractivity contribution in [2.75, 3.05) is 6.61 Å². The average Bonchev–Trinajstić information content (AvgIpc) is 2.09. The summed E-state index contributed by atoms with van der Waals surface area (Å²) in [4.78, 5) is 0. The first-order chi connectivity index (χ1) is 6.24. The van der Waals surface area contributed by atoms with Crippen LogP contribution in [0.4, 0.5) is 4.39 Å². The lowest BCUT2D eigenvalue weighted by Gasteiger charge is -2.03. The van der Waals surface area contributed by atoms with Gasteiger partial charge in [-0.3, -0.25) is 0 Å². The molecule has 0 N–H and O–H groups in total. The summed E-state index contributed by atoms with van der Waals surface area (Å²) in [6.45, 7) is 0.266. The van der Waals surface area contributed by atoms with E-state index in [0.29, 0.717) is 4.47 Å². The minimum atomic E-state index is -0.391. The van der Waals surface area contributed by atoms with E-state index in [1.165, 1.54) is 11.6 Å². The van der Waals surface area contributed by atoms with Crippen molar-refractivity contribution in [2.45, 2.75) is 0 Å². The fourth-order valence-electron chi connectivity index (χ4n) is 0.767. The molecule has 0 spiro atoms. The van der Waals surface area contributed by atoms with Gasteiger partial charge in [-0.2, -0.15) is 0 Å². The van der Waals surface area contributed by atoms with Crippen LogP contribution in [0, 0.1) is 5.82 Å². The third kappa shape index (κ3) is 3.36. The number of ether oxygens (including phenoxy) is 1. The van der Waals surface area contributed by atoms with Gasteiger partial charge in [-0.05, 0) is 24.3 Å². The summed E-state index contributed by atoms with van der Waals surface area (Å²) in [5, 5.41) is 0. The molecule has 1 aromatic rings. The first-order valence-electron chi connectivity index (χ1n) is 3.57. The molecule has 13 heavy (non-hydrogen) atoms. The van der Waals surface area contributed by atoms with E-state index in [1.54, 1.807) is 18.2 Å². The Bertz CT molecular complexity index is 314. The van der Waals surface area contributed by atoms with E-state index in [9.17, 15) is 4.39 Å². The standard InChI is InChI=1S/C9H7BrClFO/c10-7-2-3-9(8(12)6-7)13-5-1-4-11/h1-4,6H,5H2/b4-1+. The molecule has 0 fully saturated rings. The van der Waals surface area contributed by atoms with Crippen LogP contribution >= 0.6 is 27.5 Å². The normalized spacial score (nSPS) is 10.7. The second-order valence-corrected chi connectivity index (χ2v) is 3.42. The molecule has 0 aliphatic rings. The highest BCUT2D eigenvalue weighted by atomic mass is 79.9. The highest BCUT2D eigenvalue weighted by Crippen LogP contribution is 2.21. The first-order valence-corrected chi connectivity index (χ1v) is 4.80. The molecule has 1 aromatic carbocycles. The van der Waals surface area contributed by atoms with Crippen molar-refractivity contribution in [3.8, 4) is 5.75 Å². The Morgan fingerprint density at radius 3 is 2.92 bits per heavy atom. The van der Waals surface area contributed by atoms with E-state index in [1.807, 2.05) is 0 Å². The second kappa shape index (κ2) is 5.25. The van der Waals surface area contributed by atoms with Crippen LogP contribution in [0.15, 0.2) is 34.3 Å². The molecule has 4 heteroatoms.